The van der Waals surface area contributed by atoms with Crippen LogP contribution in [0.1, 0.15) is 5.56 Å². The van der Waals surface area contributed by atoms with Gasteiger partial charge in [-0.05, 0) is 17.7 Å². The van der Waals surface area contributed by atoms with Gasteiger partial charge in [0.1, 0.15) is 5.69 Å². The third-order valence-electron chi connectivity index (χ3n) is 4.50. The molecule has 1 heterocycles. The van der Waals surface area contributed by atoms with Crippen molar-refractivity contribution >= 4 is 39.9 Å². The van der Waals surface area contributed by atoms with E-state index < -0.39 is 4.92 Å². The van der Waals surface area contributed by atoms with Gasteiger partial charge in [-0.3, -0.25) is 14.9 Å². The highest BCUT2D eigenvalue weighted by molar-refractivity contribution is 6.42. The Kier molecular flexibility index (Phi) is 5.05. The van der Waals surface area contributed by atoms with E-state index in [-0.39, 0.29) is 16.9 Å². The van der Waals surface area contributed by atoms with Gasteiger partial charge in [-0.2, -0.15) is 0 Å². The van der Waals surface area contributed by atoms with E-state index in [2.05, 4.69) is 4.98 Å². The highest BCUT2D eigenvalue weighted by Crippen LogP contribution is 2.28. The molecular weight excluding hydrogens is 413 g/mol. The van der Waals surface area contributed by atoms with Gasteiger partial charge in [0.15, 0.2) is 0 Å². The number of hydrogen-bond donors (Lipinski definition) is 0. The number of rotatable bonds is 4. The van der Waals surface area contributed by atoms with Crippen LogP contribution in [0.4, 0.5) is 5.69 Å². The van der Waals surface area contributed by atoms with Crippen LogP contribution in [0.3, 0.4) is 0 Å². The molecule has 0 unspecified atom stereocenters. The molecule has 29 heavy (non-hydrogen) atoms. The quantitative estimate of drug-likeness (QED) is 0.327. The number of benzene rings is 3. The molecule has 0 bridgehead atoms. The van der Waals surface area contributed by atoms with Crippen molar-refractivity contribution in [3.8, 4) is 11.3 Å². The van der Waals surface area contributed by atoms with Crippen molar-refractivity contribution in [2.24, 2.45) is 0 Å². The summed E-state index contributed by atoms with van der Waals surface area (Å²) in [5.74, 6) is 0. The van der Waals surface area contributed by atoms with Crippen molar-refractivity contribution < 1.29 is 4.92 Å². The predicted molar refractivity (Wildman–Crippen MR) is 114 cm³/mol. The lowest BCUT2D eigenvalue weighted by molar-refractivity contribution is -0.384. The van der Waals surface area contributed by atoms with Gasteiger partial charge in [-0.15, -0.1) is 0 Å². The van der Waals surface area contributed by atoms with E-state index in [1.165, 1.54) is 18.2 Å². The highest BCUT2D eigenvalue weighted by Gasteiger charge is 2.17. The number of aromatic nitrogens is 2. The summed E-state index contributed by atoms with van der Waals surface area (Å²) in [5.41, 5.74) is 1.89. The van der Waals surface area contributed by atoms with Gasteiger partial charge >= 0.3 is 0 Å². The van der Waals surface area contributed by atoms with Gasteiger partial charge in [0.2, 0.25) is 0 Å². The maximum atomic E-state index is 13.3. The van der Waals surface area contributed by atoms with E-state index >= 15 is 0 Å². The molecule has 0 amide bonds. The molecule has 0 atom stereocenters. The Morgan fingerprint density at radius 3 is 2.41 bits per heavy atom. The van der Waals surface area contributed by atoms with E-state index in [4.69, 9.17) is 23.2 Å². The standard InChI is InChI=1S/C21H13Cl2N3O3/c22-16-10-18-19(11-17(16)23)25(12-13-5-2-1-3-6-13)21(27)20(24-18)14-7-4-8-15(9-14)26(28)29/h1-11H,12H2. The van der Waals surface area contributed by atoms with Crippen LogP contribution < -0.4 is 5.56 Å². The monoisotopic (exact) mass is 425 g/mol. The molecule has 4 rings (SSSR count). The van der Waals surface area contributed by atoms with Crippen LogP contribution in [0.2, 0.25) is 10.0 Å². The molecule has 144 valence electrons. The number of nitro benzene ring substituents is 1. The summed E-state index contributed by atoms with van der Waals surface area (Å²) in [7, 11) is 0. The first-order valence-electron chi connectivity index (χ1n) is 8.62. The molecule has 0 aliphatic heterocycles. The average molecular weight is 426 g/mol. The molecule has 0 saturated heterocycles. The molecule has 0 radical (unpaired) electrons. The van der Waals surface area contributed by atoms with Crippen LogP contribution in [-0.4, -0.2) is 14.5 Å². The summed E-state index contributed by atoms with van der Waals surface area (Å²) in [6.07, 6.45) is 0. The van der Waals surface area contributed by atoms with Gasteiger partial charge in [-0.25, -0.2) is 4.98 Å². The Labute approximate surface area is 175 Å². The molecule has 4 aromatic rings. The fourth-order valence-corrected chi connectivity index (χ4v) is 3.43. The molecule has 3 aromatic carbocycles. The zero-order valence-electron chi connectivity index (χ0n) is 14.9. The van der Waals surface area contributed by atoms with Crippen molar-refractivity contribution in [2.75, 3.05) is 0 Å². The van der Waals surface area contributed by atoms with Gasteiger partial charge in [0.05, 0.1) is 32.5 Å². The van der Waals surface area contributed by atoms with Crippen molar-refractivity contribution in [3.63, 3.8) is 0 Å². The van der Waals surface area contributed by atoms with Gasteiger partial charge in [-0.1, -0.05) is 65.7 Å². The molecule has 6 nitrogen and oxygen atoms in total. The number of halogens is 2. The van der Waals surface area contributed by atoms with E-state index in [1.54, 1.807) is 22.8 Å². The minimum atomic E-state index is -0.510. The first-order valence-corrected chi connectivity index (χ1v) is 9.38. The fraction of sp³-hybridized carbons (Fsp3) is 0.0476. The van der Waals surface area contributed by atoms with Crippen LogP contribution in [-0.2, 0) is 6.54 Å². The number of hydrogen-bond acceptors (Lipinski definition) is 4. The second-order valence-corrected chi connectivity index (χ2v) is 7.21. The minimum Gasteiger partial charge on any atom is -0.300 e. The third-order valence-corrected chi connectivity index (χ3v) is 5.22. The Bertz CT molecular complexity index is 1300. The van der Waals surface area contributed by atoms with E-state index in [1.807, 2.05) is 30.3 Å². The summed E-state index contributed by atoms with van der Waals surface area (Å²) in [4.78, 5) is 28.4. The number of non-ortho nitro benzene ring substituents is 1. The third kappa shape index (κ3) is 3.72. The molecule has 0 N–H and O–H groups in total. The SMILES string of the molecule is O=c1c(-c2cccc([N+](=O)[O-])c2)nc2cc(Cl)c(Cl)cc2n1Cc1ccccc1. The Morgan fingerprint density at radius 2 is 1.69 bits per heavy atom. The Balaban J connectivity index is 2.00. The van der Waals surface area contributed by atoms with Gasteiger partial charge in [0.25, 0.3) is 11.2 Å². The van der Waals surface area contributed by atoms with Crippen LogP contribution >= 0.6 is 23.2 Å². The summed E-state index contributed by atoms with van der Waals surface area (Å²) in [5, 5.41) is 11.8. The molecule has 8 heteroatoms. The lowest BCUT2D eigenvalue weighted by Crippen LogP contribution is -2.24. The smallest absolute Gasteiger partial charge is 0.277 e. The first kappa shape index (κ1) is 19.1. The summed E-state index contributed by atoms with van der Waals surface area (Å²) < 4.78 is 1.55. The first-order chi connectivity index (χ1) is 13.9. The second-order valence-electron chi connectivity index (χ2n) is 6.40. The molecule has 0 fully saturated rings. The zero-order valence-corrected chi connectivity index (χ0v) is 16.4. The number of nitrogens with zero attached hydrogens (tertiary/aromatic N) is 3. The topological polar surface area (TPSA) is 78.0 Å². The van der Waals surface area contributed by atoms with E-state index in [0.29, 0.717) is 33.2 Å². The number of fused-ring (bicyclic) bond motifs is 1. The molecule has 1 aromatic heterocycles. The minimum absolute atomic E-state index is 0.107. The molecule has 0 aliphatic carbocycles. The fourth-order valence-electron chi connectivity index (χ4n) is 3.11. The van der Waals surface area contributed by atoms with Crippen LogP contribution in [0.15, 0.2) is 71.5 Å². The lowest BCUT2D eigenvalue weighted by Gasteiger charge is -2.13. The zero-order chi connectivity index (χ0) is 20.5. The molecule has 0 aliphatic rings. The van der Waals surface area contributed by atoms with E-state index in [9.17, 15) is 14.9 Å². The maximum absolute atomic E-state index is 13.3. The second kappa shape index (κ2) is 7.66. The van der Waals surface area contributed by atoms with Crippen molar-refractivity contribution in [1.29, 1.82) is 0 Å². The highest BCUT2D eigenvalue weighted by atomic mass is 35.5. The van der Waals surface area contributed by atoms with Gasteiger partial charge < -0.3 is 4.57 Å². The van der Waals surface area contributed by atoms with Crippen molar-refractivity contribution in [3.05, 3.63) is 103 Å². The summed E-state index contributed by atoms with van der Waals surface area (Å²) in [6.45, 7) is 0.290. The molecule has 0 spiro atoms. The van der Waals surface area contributed by atoms with Crippen molar-refractivity contribution in [2.45, 2.75) is 6.54 Å². The van der Waals surface area contributed by atoms with Crippen LogP contribution in [0.5, 0.6) is 0 Å². The molecule has 0 saturated carbocycles. The Hall–Kier alpha value is -3.22. The van der Waals surface area contributed by atoms with Crippen LogP contribution in [0, 0.1) is 10.1 Å². The van der Waals surface area contributed by atoms with E-state index in [0.717, 1.165) is 5.56 Å². The maximum Gasteiger partial charge on any atom is 0.277 e. The predicted octanol–water partition coefficient (Wildman–Crippen LogP) is 5.33. The normalized spacial score (nSPS) is 11.0. The van der Waals surface area contributed by atoms with Crippen molar-refractivity contribution in [1.82, 2.24) is 9.55 Å². The largest absolute Gasteiger partial charge is 0.300 e. The number of nitro groups is 1. The van der Waals surface area contributed by atoms with Crippen LogP contribution in [0.25, 0.3) is 22.3 Å². The summed E-state index contributed by atoms with van der Waals surface area (Å²) >= 11 is 12.3. The van der Waals surface area contributed by atoms with Gasteiger partial charge in [0, 0.05) is 17.7 Å². The summed E-state index contributed by atoms with van der Waals surface area (Å²) in [6, 6.07) is 18.5. The average Bonchev–Trinajstić information content (AvgIpc) is 2.72. The molecular formula is C21H13Cl2N3O3. The Morgan fingerprint density at radius 1 is 0.966 bits per heavy atom. The lowest BCUT2D eigenvalue weighted by atomic mass is 10.1.